The second kappa shape index (κ2) is 11.2. The van der Waals surface area contributed by atoms with Crippen molar-refractivity contribution in [1.82, 2.24) is 4.98 Å². The SMILES string of the molecule is Cc1cc(C(C)Nc2ccccc2C(=O)O)c2oc(-c3cccc4oc(C)nc34)cc(=O)c2c1.O=C(O)C(F)(F)F. The van der Waals surface area contributed by atoms with Gasteiger partial charge in [-0.1, -0.05) is 24.3 Å². The van der Waals surface area contributed by atoms with Crippen LogP contribution in [0.25, 0.3) is 33.4 Å². The third-order valence-corrected chi connectivity index (χ3v) is 6.03. The van der Waals surface area contributed by atoms with Gasteiger partial charge in [-0.25, -0.2) is 14.6 Å². The molecule has 12 heteroatoms. The summed E-state index contributed by atoms with van der Waals surface area (Å²) in [7, 11) is 0. The Bertz CT molecular complexity index is 1840. The van der Waals surface area contributed by atoms with Crippen molar-refractivity contribution in [2.45, 2.75) is 33.0 Å². The molecule has 0 amide bonds. The molecule has 0 saturated heterocycles. The zero-order valence-electron chi connectivity index (χ0n) is 21.9. The molecule has 5 rings (SSSR count). The Morgan fingerprint density at radius 3 is 2.32 bits per heavy atom. The molecule has 0 bridgehead atoms. The number of fused-ring (bicyclic) bond motifs is 2. The third kappa shape index (κ3) is 6.21. The Labute approximate surface area is 229 Å². The predicted octanol–water partition coefficient (Wildman–Crippen LogP) is 6.72. The van der Waals surface area contributed by atoms with Crippen LogP contribution in [0.3, 0.4) is 0 Å². The van der Waals surface area contributed by atoms with E-state index in [1.54, 1.807) is 37.3 Å². The highest BCUT2D eigenvalue weighted by Crippen LogP contribution is 2.33. The van der Waals surface area contributed by atoms with Crippen molar-refractivity contribution in [3.63, 3.8) is 0 Å². The number of anilines is 1. The van der Waals surface area contributed by atoms with Crippen molar-refractivity contribution in [3.8, 4) is 11.3 Å². The number of carbonyl (C=O) groups is 2. The number of aromatic nitrogens is 1. The van der Waals surface area contributed by atoms with Crippen LogP contribution in [0, 0.1) is 13.8 Å². The minimum absolute atomic E-state index is 0.168. The lowest BCUT2D eigenvalue weighted by Crippen LogP contribution is -2.21. The summed E-state index contributed by atoms with van der Waals surface area (Å²) in [4.78, 5) is 38.1. The average Bonchev–Trinajstić information content (AvgIpc) is 3.28. The number of carboxylic acid groups (broad SMARTS) is 2. The van der Waals surface area contributed by atoms with Gasteiger partial charge in [-0.2, -0.15) is 13.2 Å². The van der Waals surface area contributed by atoms with Crippen LogP contribution in [0.2, 0.25) is 0 Å². The van der Waals surface area contributed by atoms with Gasteiger partial charge in [-0.3, -0.25) is 4.79 Å². The van der Waals surface area contributed by atoms with Crippen LogP contribution in [0.5, 0.6) is 0 Å². The number of hydrogen-bond acceptors (Lipinski definition) is 7. The van der Waals surface area contributed by atoms with Crippen molar-refractivity contribution >= 4 is 39.7 Å². The molecular formula is C29H23F3N2O7. The highest BCUT2D eigenvalue weighted by atomic mass is 19.4. The van der Waals surface area contributed by atoms with Gasteiger partial charge in [0.25, 0.3) is 0 Å². The number of para-hydroxylation sites is 2. The van der Waals surface area contributed by atoms with Crippen molar-refractivity contribution in [3.05, 3.63) is 93.5 Å². The molecule has 0 aliphatic rings. The predicted molar refractivity (Wildman–Crippen MR) is 144 cm³/mol. The average molecular weight is 569 g/mol. The molecule has 0 spiro atoms. The minimum atomic E-state index is -5.08. The molecule has 0 aliphatic heterocycles. The molecule has 41 heavy (non-hydrogen) atoms. The number of hydrogen-bond donors (Lipinski definition) is 3. The number of carboxylic acids is 2. The maximum atomic E-state index is 13.1. The Hall–Kier alpha value is -5.13. The number of nitrogens with zero attached hydrogens (tertiary/aromatic N) is 1. The van der Waals surface area contributed by atoms with Gasteiger partial charge in [0.2, 0.25) is 0 Å². The number of alkyl halides is 3. The van der Waals surface area contributed by atoms with Crippen LogP contribution >= 0.6 is 0 Å². The van der Waals surface area contributed by atoms with Crippen molar-refractivity contribution in [2.24, 2.45) is 0 Å². The Kier molecular flexibility index (Phi) is 7.86. The molecule has 0 saturated carbocycles. The van der Waals surface area contributed by atoms with Gasteiger partial charge in [0.05, 0.1) is 17.0 Å². The first kappa shape index (κ1) is 28.9. The molecule has 212 valence electrons. The highest BCUT2D eigenvalue weighted by molar-refractivity contribution is 5.94. The van der Waals surface area contributed by atoms with Gasteiger partial charge >= 0.3 is 18.1 Å². The van der Waals surface area contributed by atoms with Crippen LogP contribution in [-0.2, 0) is 4.79 Å². The lowest BCUT2D eigenvalue weighted by molar-refractivity contribution is -0.192. The Morgan fingerprint density at radius 1 is 0.976 bits per heavy atom. The fourth-order valence-corrected chi connectivity index (χ4v) is 4.25. The lowest BCUT2D eigenvalue weighted by Gasteiger charge is -2.19. The maximum Gasteiger partial charge on any atom is 0.490 e. The van der Waals surface area contributed by atoms with E-state index in [-0.39, 0.29) is 17.0 Å². The molecule has 2 aromatic heterocycles. The summed E-state index contributed by atoms with van der Waals surface area (Å²) in [5.41, 5.74) is 4.47. The molecule has 2 heterocycles. The van der Waals surface area contributed by atoms with Crippen LogP contribution in [0.1, 0.15) is 40.3 Å². The lowest BCUT2D eigenvalue weighted by atomic mass is 10.00. The van der Waals surface area contributed by atoms with Gasteiger partial charge in [0.1, 0.15) is 16.9 Å². The van der Waals surface area contributed by atoms with Crippen LogP contribution in [-0.4, -0.2) is 33.3 Å². The van der Waals surface area contributed by atoms with Crippen molar-refractivity contribution < 1.29 is 41.8 Å². The van der Waals surface area contributed by atoms with E-state index in [1.165, 1.54) is 6.07 Å². The number of oxazole rings is 1. The Morgan fingerprint density at radius 2 is 1.66 bits per heavy atom. The fourth-order valence-electron chi connectivity index (χ4n) is 4.25. The van der Waals surface area contributed by atoms with Crippen molar-refractivity contribution in [1.29, 1.82) is 0 Å². The fraction of sp³-hybridized carbons (Fsp3) is 0.172. The van der Waals surface area contributed by atoms with Gasteiger partial charge < -0.3 is 24.4 Å². The molecule has 1 atom stereocenters. The summed E-state index contributed by atoms with van der Waals surface area (Å²) in [6, 6.07) is 17.1. The monoisotopic (exact) mass is 568 g/mol. The molecule has 3 N–H and O–H groups in total. The smallest absolute Gasteiger partial charge is 0.478 e. The van der Waals surface area contributed by atoms with Gasteiger partial charge in [0, 0.05) is 29.8 Å². The molecule has 3 aromatic carbocycles. The highest BCUT2D eigenvalue weighted by Gasteiger charge is 2.38. The first-order valence-corrected chi connectivity index (χ1v) is 12.1. The first-order chi connectivity index (χ1) is 19.3. The van der Waals surface area contributed by atoms with E-state index in [1.807, 2.05) is 38.1 Å². The van der Waals surface area contributed by atoms with E-state index >= 15 is 0 Å². The summed E-state index contributed by atoms with van der Waals surface area (Å²) < 4.78 is 43.7. The van der Waals surface area contributed by atoms with Crippen LogP contribution in [0.15, 0.2) is 74.3 Å². The van der Waals surface area contributed by atoms with E-state index in [9.17, 15) is 27.9 Å². The standard InChI is InChI=1S/C27H22N2O5.C2HF3O2/c1-14-11-19(15(2)28-21-9-5-4-7-17(21)27(31)32)26-20(12-14)22(30)13-24(34-26)18-8-6-10-23-25(18)29-16(3)33-23;3-2(4,5)1(6)7/h4-13,15,28H,1-3H3,(H,31,32);(H,6,7). The Balaban J connectivity index is 0.000000493. The van der Waals surface area contributed by atoms with E-state index < -0.39 is 18.1 Å². The maximum absolute atomic E-state index is 13.1. The number of aliphatic carboxylic acids is 1. The topological polar surface area (TPSA) is 143 Å². The zero-order chi connectivity index (χ0) is 30.1. The molecule has 1 unspecified atom stereocenters. The molecule has 9 nitrogen and oxygen atoms in total. The van der Waals surface area contributed by atoms with E-state index in [0.717, 1.165) is 11.1 Å². The summed E-state index contributed by atoms with van der Waals surface area (Å²) >= 11 is 0. The summed E-state index contributed by atoms with van der Waals surface area (Å²) in [5.74, 6) is -2.86. The second-order valence-corrected chi connectivity index (χ2v) is 9.11. The summed E-state index contributed by atoms with van der Waals surface area (Å²) in [5, 5.41) is 20.4. The van der Waals surface area contributed by atoms with Gasteiger partial charge in [0.15, 0.2) is 16.9 Å². The normalized spacial score (nSPS) is 12.0. The molecule has 0 radical (unpaired) electrons. The number of aryl methyl sites for hydroxylation is 2. The minimum Gasteiger partial charge on any atom is -0.478 e. The number of nitrogens with one attached hydrogen (secondary N) is 1. The molecular weight excluding hydrogens is 545 g/mol. The van der Waals surface area contributed by atoms with Gasteiger partial charge in [-0.15, -0.1) is 0 Å². The first-order valence-electron chi connectivity index (χ1n) is 12.1. The number of aromatic carboxylic acids is 1. The third-order valence-electron chi connectivity index (χ3n) is 6.03. The second-order valence-electron chi connectivity index (χ2n) is 9.11. The molecule has 0 aliphatic carbocycles. The van der Waals surface area contributed by atoms with Crippen molar-refractivity contribution in [2.75, 3.05) is 5.32 Å². The van der Waals surface area contributed by atoms with Gasteiger partial charge in [-0.05, 0) is 49.7 Å². The number of benzene rings is 3. The van der Waals surface area contributed by atoms with Crippen LogP contribution in [0.4, 0.5) is 18.9 Å². The summed E-state index contributed by atoms with van der Waals surface area (Å²) in [6.07, 6.45) is -5.08. The molecule has 5 aromatic rings. The summed E-state index contributed by atoms with van der Waals surface area (Å²) in [6.45, 7) is 5.58. The van der Waals surface area contributed by atoms with E-state index in [2.05, 4.69) is 10.3 Å². The quantitative estimate of drug-likeness (QED) is 0.210. The largest absolute Gasteiger partial charge is 0.490 e. The molecule has 0 fully saturated rings. The zero-order valence-corrected chi connectivity index (χ0v) is 21.9. The number of rotatable bonds is 5. The number of halogens is 3. The van der Waals surface area contributed by atoms with E-state index in [4.69, 9.17) is 18.7 Å². The van der Waals surface area contributed by atoms with E-state index in [0.29, 0.717) is 45.0 Å². The van der Waals surface area contributed by atoms with Crippen LogP contribution < -0.4 is 10.7 Å².